The molecule has 0 radical (unpaired) electrons. The maximum absolute atomic E-state index is 15.4. The third-order valence-electron chi connectivity index (χ3n) is 8.15. The van der Waals surface area contributed by atoms with Gasteiger partial charge in [0.25, 0.3) is 0 Å². The normalized spacial score (nSPS) is 17.6. The van der Waals surface area contributed by atoms with E-state index in [4.69, 9.17) is 19.6 Å². The van der Waals surface area contributed by atoms with Gasteiger partial charge in [0.1, 0.15) is 23.4 Å². The molecule has 3 N–H and O–H groups in total. The fourth-order valence-electron chi connectivity index (χ4n) is 6.15. The number of hydrogen-bond acceptors (Lipinski definition) is 7. The smallest absolute Gasteiger partial charge is 0.306 e. The van der Waals surface area contributed by atoms with Crippen molar-refractivity contribution in [3.63, 3.8) is 0 Å². The average molecular weight is 587 g/mol. The van der Waals surface area contributed by atoms with Gasteiger partial charge < -0.3 is 30.0 Å². The first kappa shape index (κ1) is 30.3. The van der Waals surface area contributed by atoms with E-state index in [9.17, 15) is 9.90 Å². The van der Waals surface area contributed by atoms with E-state index in [1.165, 1.54) is 19.4 Å². The van der Waals surface area contributed by atoms with Gasteiger partial charge in [0.15, 0.2) is 0 Å². The molecule has 1 aliphatic heterocycles. The van der Waals surface area contributed by atoms with E-state index in [1.54, 1.807) is 20.0 Å². The van der Waals surface area contributed by atoms with Crippen LogP contribution < -0.4 is 14.8 Å². The third-order valence-corrected chi connectivity index (χ3v) is 8.15. The van der Waals surface area contributed by atoms with Crippen molar-refractivity contribution in [2.45, 2.75) is 64.6 Å². The zero-order valence-corrected chi connectivity index (χ0v) is 25.3. The largest absolute Gasteiger partial charge is 0.492 e. The summed E-state index contributed by atoms with van der Waals surface area (Å²) in [5.74, 6) is 0.660. The van der Waals surface area contributed by atoms with Gasteiger partial charge in [0.05, 0.1) is 25.7 Å². The predicted molar refractivity (Wildman–Crippen MR) is 165 cm³/mol. The summed E-state index contributed by atoms with van der Waals surface area (Å²) in [7, 11) is 1.38. The van der Waals surface area contributed by atoms with Crippen LogP contribution in [0.1, 0.15) is 72.1 Å². The van der Waals surface area contributed by atoms with Crippen LogP contribution in [0.15, 0.2) is 48.7 Å². The van der Waals surface area contributed by atoms with Crippen LogP contribution in [0.25, 0.3) is 16.7 Å². The van der Waals surface area contributed by atoms with Crippen LogP contribution in [0.3, 0.4) is 0 Å². The number of methoxy groups -OCH3 is 1. The van der Waals surface area contributed by atoms with E-state index in [0.717, 1.165) is 38.9 Å². The van der Waals surface area contributed by atoms with E-state index >= 15 is 4.39 Å². The molecule has 0 bridgehead atoms. The Balaban J connectivity index is 1.40. The molecule has 7 nitrogen and oxygen atoms in total. The average Bonchev–Trinajstić information content (AvgIpc) is 3.56. The van der Waals surface area contributed by atoms with Crippen molar-refractivity contribution in [3.8, 4) is 22.6 Å². The lowest BCUT2D eigenvalue weighted by Crippen LogP contribution is -2.32. The molecule has 3 aromatic carbocycles. The maximum Gasteiger partial charge on any atom is 0.306 e. The first-order valence-corrected chi connectivity index (χ1v) is 14.6. The summed E-state index contributed by atoms with van der Waals surface area (Å²) in [6, 6.07) is 13.1. The van der Waals surface area contributed by atoms with Gasteiger partial charge in [-0.3, -0.25) is 4.79 Å². The molecule has 43 heavy (non-hydrogen) atoms. The highest BCUT2D eigenvalue weighted by molar-refractivity contribution is 6.08. The van der Waals surface area contributed by atoms with Crippen LogP contribution >= 0.6 is 0 Å². The molecule has 1 aliphatic carbocycles. The number of aliphatic hydroxyl groups is 1. The zero-order valence-electron chi connectivity index (χ0n) is 25.3. The first-order chi connectivity index (χ1) is 20.5. The summed E-state index contributed by atoms with van der Waals surface area (Å²) in [4.78, 5) is 11.8. The number of hydrogen-bond donors (Lipinski definition) is 3. The van der Waals surface area contributed by atoms with Crippen LogP contribution in [-0.2, 0) is 16.0 Å². The Morgan fingerprint density at radius 3 is 2.60 bits per heavy atom. The minimum absolute atomic E-state index is 0.0592. The van der Waals surface area contributed by atoms with Crippen molar-refractivity contribution in [1.82, 2.24) is 5.32 Å². The van der Waals surface area contributed by atoms with Crippen LogP contribution in [0.5, 0.6) is 11.5 Å². The maximum atomic E-state index is 15.4. The van der Waals surface area contributed by atoms with Gasteiger partial charge in [-0.15, -0.1) is 0 Å². The number of nitrogens with one attached hydrogen (secondary N) is 2. The fraction of sp³-hybridized carbons (Fsp3) is 0.371. The van der Waals surface area contributed by atoms with Crippen molar-refractivity contribution < 1.29 is 28.5 Å². The minimum atomic E-state index is -0.868. The van der Waals surface area contributed by atoms with Gasteiger partial charge in [-0.05, 0) is 86.1 Å². The van der Waals surface area contributed by atoms with Crippen LogP contribution in [0.4, 0.5) is 4.39 Å². The van der Waals surface area contributed by atoms with E-state index < -0.39 is 11.7 Å². The van der Waals surface area contributed by atoms with Crippen LogP contribution in [0.2, 0.25) is 0 Å². The number of benzene rings is 3. The lowest BCUT2D eigenvalue weighted by atomic mass is 9.88. The van der Waals surface area contributed by atoms with E-state index in [0.29, 0.717) is 48.6 Å². The van der Waals surface area contributed by atoms with Crippen molar-refractivity contribution in [2.24, 2.45) is 0 Å². The Morgan fingerprint density at radius 2 is 1.93 bits per heavy atom. The molecule has 0 unspecified atom stereocenters. The molecule has 2 aliphatic rings. The molecule has 1 heterocycles. The summed E-state index contributed by atoms with van der Waals surface area (Å²) in [5, 5.41) is 21.0. The number of carbonyl (C=O) groups is 1. The molecule has 0 fully saturated rings. The topological polar surface area (TPSA) is 101 Å². The fourth-order valence-corrected chi connectivity index (χ4v) is 6.15. The molecule has 0 aromatic heterocycles. The Hall–Kier alpha value is -4.17. The highest BCUT2D eigenvalue weighted by atomic mass is 19.1. The number of ether oxygens (including phenoxy) is 3. The van der Waals surface area contributed by atoms with Gasteiger partial charge in [-0.2, -0.15) is 0 Å². The number of aryl methyl sites for hydroxylation is 2. The van der Waals surface area contributed by atoms with Crippen LogP contribution in [-0.4, -0.2) is 43.2 Å². The van der Waals surface area contributed by atoms with Crippen molar-refractivity contribution in [3.05, 3.63) is 87.9 Å². The van der Waals surface area contributed by atoms with Crippen molar-refractivity contribution in [2.75, 3.05) is 20.3 Å². The number of allylic oxidation sites excluding steroid dienone is 1. The number of esters is 1. The Labute approximate surface area is 252 Å². The number of carbonyl (C=O) groups excluding carboxylic acids is 1. The Bertz CT molecular complexity index is 1570. The highest BCUT2D eigenvalue weighted by Gasteiger charge is 2.32. The first-order valence-electron chi connectivity index (χ1n) is 14.6. The Kier molecular flexibility index (Phi) is 8.60. The van der Waals surface area contributed by atoms with Crippen molar-refractivity contribution >= 4 is 17.8 Å². The summed E-state index contributed by atoms with van der Waals surface area (Å²) in [5.41, 5.74) is 7.31. The van der Waals surface area contributed by atoms with Gasteiger partial charge in [-0.25, -0.2) is 4.39 Å². The van der Waals surface area contributed by atoms with Crippen molar-refractivity contribution in [1.29, 1.82) is 5.41 Å². The molecule has 0 amide bonds. The molecule has 0 saturated heterocycles. The lowest BCUT2D eigenvalue weighted by molar-refractivity contribution is -0.141. The standard InChI is InChI=1S/C35H39FN2O5/c1-20-12-22(24(16-37)17-38-19-35(3,4)40)13-21(2)33(20)27-8-10-29(36)34-28(27)9-11-30(34)43-25-6-7-26-23(14-32(39)41-5)18-42-31(26)15-25/h6-8,10,12-13,15-17,23,30,37-38,40H,9,11,14,18-19H2,1-5H3/b24-17+,37-16?/t23-,30-/m1/s1. The predicted octanol–water partition coefficient (Wildman–Crippen LogP) is 6.57. The number of halogens is 1. The molecule has 3 aromatic rings. The second-order valence-corrected chi connectivity index (χ2v) is 12.0. The minimum Gasteiger partial charge on any atom is -0.492 e. The summed E-state index contributed by atoms with van der Waals surface area (Å²) in [6.45, 7) is 8.29. The third kappa shape index (κ3) is 6.44. The summed E-state index contributed by atoms with van der Waals surface area (Å²) in [6.07, 6.45) is 4.20. The molecule has 0 saturated carbocycles. The number of fused-ring (bicyclic) bond motifs is 2. The molecule has 8 heteroatoms. The summed E-state index contributed by atoms with van der Waals surface area (Å²) >= 11 is 0. The lowest BCUT2D eigenvalue weighted by Gasteiger charge is -2.19. The highest BCUT2D eigenvalue weighted by Crippen LogP contribution is 2.45. The SMILES string of the molecule is COC(=O)C[C@@H]1COc2cc(O[C@@H]3CCc4c(-c5c(C)cc(/C(C=N)=C/NCC(C)(C)O)cc5C)ccc(F)c43)ccc21. The quantitative estimate of drug-likeness (QED) is 0.184. The molecule has 0 spiro atoms. The van der Waals surface area contributed by atoms with Gasteiger partial charge in [0, 0.05) is 47.6 Å². The molecule has 5 rings (SSSR count). The second kappa shape index (κ2) is 12.2. The number of rotatable bonds is 10. The second-order valence-electron chi connectivity index (χ2n) is 12.0. The molecule has 2 atom stereocenters. The van der Waals surface area contributed by atoms with Crippen LogP contribution in [0, 0.1) is 25.1 Å². The monoisotopic (exact) mass is 586 g/mol. The molecular formula is C35H39FN2O5. The Morgan fingerprint density at radius 1 is 1.19 bits per heavy atom. The molecule has 226 valence electrons. The van der Waals surface area contributed by atoms with Gasteiger partial charge in [-0.1, -0.05) is 24.3 Å². The summed E-state index contributed by atoms with van der Waals surface area (Å²) < 4.78 is 32.4. The van der Waals surface area contributed by atoms with E-state index in [2.05, 4.69) is 5.32 Å². The molecular weight excluding hydrogens is 547 g/mol. The van der Waals surface area contributed by atoms with E-state index in [-0.39, 0.29) is 24.1 Å². The van der Waals surface area contributed by atoms with E-state index in [1.807, 2.05) is 50.2 Å². The van der Waals surface area contributed by atoms with Gasteiger partial charge >= 0.3 is 5.97 Å². The van der Waals surface area contributed by atoms with Gasteiger partial charge in [0.2, 0.25) is 0 Å². The zero-order chi connectivity index (χ0) is 30.9.